The van der Waals surface area contributed by atoms with Gasteiger partial charge in [-0.25, -0.2) is 9.97 Å². The van der Waals surface area contributed by atoms with Gasteiger partial charge in [-0.3, -0.25) is 4.79 Å². The average Bonchev–Trinajstić information content (AvgIpc) is 3.20. The summed E-state index contributed by atoms with van der Waals surface area (Å²) in [5, 5.41) is 8.47. The Labute approximate surface area is 162 Å². The minimum atomic E-state index is -0.220. The number of amides is 1. The molecule has 1 N–H and O–H groups in total. The van der Waals surface area contributed by atoms with E-state index in [4.69, 9.17) is 4.98 Å². The number of nitrogens with one attached hydrogen (secondary N) is 1. The molecule has 7 nitrogen and oxygen atoms in total. The molecule has 0 aromatic carbocycles. The van der Waals surface area contributed by atoms with Gasteiger partial charge in [0, 0.05) is 11.4 Å². The topological polar surface area (TPSA) is 75.4 Å². The number of rotatable bonds is 5. The summed E-state index contributed by atoms with van der Waals surface area (Å²) >= 11 is 1.77. The van der Waals surface area contributed by atoms with Crippen molar-refractivity contribution in [1.29, 1.82) is 0 Å². The molecule has 4 rings (SSSR count). The summed E-state index contributed by atoms with van der Waals surface area (Å²) in [6, 6.07) is 0. The Morgan fingerprint density at radius 3 is 2.96 bits per heavy atom. The van der Waals surface area contributed by atoms with Gasteiger partial charge in [-0.15, -0.1) is 16.4 Å². The molecule has 0 aliphatic heterocycles. The minimum absolute atomic E-state index is 0.220. The maximum Gasteiger partial charge on any atom is 0.290 e. The summed E-state index contributed by atoms with van der Waals surface area (Å²) in [6.45, 7) is 5.74. The molecule has 0 spiro atoms. The van der Waals surface area contributed by atoms with Gasteiger partial charge in [-0.2, -0.15) is 4.52 Å². The van der Waals surface area contributed by atoms with Crippen molar-refractivity contribution < 1.29 is 4.79 Å². The van der Waals surface area contributed by atoms with Crippen LogP contribution in [0.1, 0.15) is 59.0 Å². The Balaban J connectivity index is 1.71. The van der Waals surface area contributed by atoms with Crippen LogP contribution in [0.25, 0.3) is 15.9 Å². The van der Waals surface area contributed by atoms with Crippen LogP contribution in [0, 0.1) is 6.92 Å². The van der Waals surface area contributed by atoms with Crippen LogP contribution in [-0.4, -0.2) is 57.6 Å². The van der Waals surface area contributed by atoms with Crippen molar-refractivity contribution in [1.82, 2.24) is 29.8 Å². The quantitative estimate of drug-likeness (QED) is 0.683. The molecule has 1 amide bonds. The zero-order chi connectivity index (χ0) is 19.1. The molecule has 3 aromatic heterocycles. The molecule has 3 aromatic rings. The van der Waals surface area contributed by atoms with Crippen LogP contribution in [0.5, 0.6) is 0 Å². The molecule has 1 atom stereocenters. The van der Waals surface area contributed by atoms with Crippen molar-refractivity contribution in [3.05, 3.63) is 22.1 Å². The summed E-state index contributed by atoms with van der Waals surface area (Å²) < 4.78 is 1.73. The lowest BCUT2D eigenvalue weighted by molar-refractivity contribution is 0.0942. The largest absolute Gasteiger partial charge is 0.349 e. The van der Waals surface area contributed by atoms with E-state index < -0.39 is 0 Å². The molecular weight excluding hydrogens is 360 g/mol. The maximum atomic E-state index is 12.5. The summed E-state index contributed by atoms with van der Waals surface area (Å²) in [5.74, 6) is 1.27. The normalized spacial score (nSPS) is 17.0. The third-order valence-corrected chi connectivity index (χ3v) is 6.37. The summed E-state index contributed by atoms with van der Waals surface area (Å²) in [5.41, 5.74) is 2.13. The van der Waals surface area contributed by atoms with Gasteiger partial charge in [-0.1, -0.05) is 6.92 Å². The van der Waals surface area contributed by atoms with Gasteiger partial charge in [0.2, 0.25) is 5.82 Å². The Hall–Kier alpha value is -2.06. The van der Waals surface area contributed by atoms with E-state index in [1.165, 1.54) is 23.3 Å². The van der Waals surface area contributed by atoms with Crippen molar-refractivity contribution >= 4 is 33.1 Å². The SMILES string of the molecule is Cc1nc2sc3c(c2c2nc(C(=O)NCCCN(C)C)nn12)C(C)CCC3. The van der Waals surface area contributed by atoms with Crippen LogP contribution >= 0.6 is 11.3 Å². The van der Waals surface area contributed by atoms with E-state index in [1.807, 2.05) is 21.0 Å². The van der Waals surface area contributed by atoms with Crippen molar-refractivity contribution in [3.8, 4) is 0 Å². The number of carbonyl (C=O) groups is 1. The van der Waals surface area contributed by atoms with E-state index in [0.717, 1.165) is 41.1 Å². The highest BCUT2D eigenvalue weighted by Gasteiger charge is 2.26. The highest BCUT2D eigenvalue weighted by molar-refractivity contribution is 7.19. The molecular formula is C19H26N6OS. The maximum absolute atomic E-state index is 12.5. The molecule has 1 aliphatic carbocycles. The van der Waals surface area contributed by atoms with Gasteiger partial charge in [0.15, 0.2) is 5.65 Å². The molecule has 0 saturated carbocycles. The highest BCUT2D eigenvalue weighted by atomic mass is 32.1. The molecule has 3 heterocycles. The fourth-order valence-corrected chi connectivity index (χ4v) is 5.23. The van der Waals surface area contributed by atoms with E-state index in [-0.39, 0.29) is 11.7 Å². The molecule has 1 unspecified atom stereocenters. The Morgan fingerprint density at radius 2 is 2.19 bits per heavy atom. The first-order valence-electron chi connectivity index (χ1n) is 9.57. The van der Waals surface area contributed by atoms with Crippen molar-refractivity contribution in [2.24, 2.45) is 0 Å². The van der Waals surface area contributed by atoms with Gasteiger partial charge in [0.25, 0.3) is 5.91 Å². The smallest absolute Gasteiger partial charge is 0.290 e. The van der Waals surface area contributed by atoms with Crippen LogP contribution < -0.4 is 5.32 Å². The predicted octanol–water partition coefficient (Wildman–Crippen LogP) is 2.77. The number of fused-ring (bicyclic) bond motifs is 5. The summed E-state index contributed by atoms with van der Waals surface area (Å²) in [6.07, 6.45) is 4.42. The first-order valence-corrected chi connectivity index (χ1v) is 10.4. The first-order chi connectivity index (χ1) is 13.0. The fraction of sp³-hybridized carbons (Fsp3) is 0.579. The number of nitrogens with zero attached hydrogens (tertiary/aromatic N) is 5. The van der Waals surface area contributed by atoms with E-state index in [2.05, 4.69) is 27.2 Å². The third kappa shape index (κ3) is 3.32. The molecule has 27 heavy (non-hydrogen) atoms. The molecule has 144 valence electrons. The lowest BCUT2D eigenvalue weighted by atomic mass is 9.87. The second-order valence-electron chi connectivity index (χ2n) is 7.65. The first kappa shape index (κ1) is 18.3. The molecule has 0 bridgehead atoms. The monoisotopic (exact) mass is 386 g/mol. The van der Waals surface area contributed by atoms with E-state index in [0.29, 0.717) is 12.5 Å². The molecule has 0 fully saturated rings. The fourth-order valence-electron chi connectivity index (χ4n) is 3.86. The molecule has 1 aliphatic rings. The second kappa shape index (κ2) is 7.16. The zero-order valence-corrected chi connectivity index (χ0v) is 17.2. The average molecular weight is 387 g/mol. The predicted molar refractivity (Wildman–Crippen MR) is 108 cm³/mol. The van der Waals surface area contributed by atoms with Crippen LogP contribution in [-0.2, 0) is 6.42 Å². The standard InChI is InChI=1S/C19H26N6OS/c1-11-7-5-8-13-14(11)15-17-22-16(18(26)20-9-6-10-24(3)4)23-25(17)12(2)21-19(15)27-13/h11H,5-10H2,1-4H3,(H,20,26). The Morgan fingerprint density at radius 1 is 1.37 bits per heavy atom. The van der Waals surface area contributed by atoms with Crippen molar-refractivity contribution in [3.63, 3.8) is 0 Å². The molecule has 0 radical (unpaired) electrons. The summed E-state index contributed by atoms with van der Waals surface area (Å²) in [7, 11) is 4.05. The number of aryl methyl sites for hydroxylation is 2. The minimum Gasteiger partial charge on any atom is -0.349 e. The second-order valence-corrected chi connectivity index (χ2v) is 8.74. The zero-order valence-electron chi connectivity index (χ0n) is 16.4. The lowest BCUT2D eigenvalue weighted by Crippen LogP contribution is -2.28. The Kier molecular flexibility index (Phi) is 4.86. The van der Waals surface area contributed by atoms with E-state index >= 15 is 0 Å². The van der Waals surface area contributed by atoms with Crippen LogP contribution in [0.3, 0.4) is 0 Å². The lowest BCUT2D eigenvalue weighted by Gasteiger charge is -2.18. The number of thiophene rings is 1. The third-order valence-electron chi connectivity index (χ3n) is 5.21. The van der Waals surface area contributed by atoms with Gasteiger partial charge in [0.05, 0.1) is 5.39 Å². The van der Waals surface area contributed by atoms with Gasteiger partial charge in [-0.05, 0) is 64.7 Å². The summed E-state index contributed by atoms with van der Waals surface area (Å²) in [4.78, 5) is 26.4. The van der Waals surface area contributed by atoms with Crippen LogP contribution in [0.2, 0.25) is 0 Å². The highest BCUT2D eigenvalue weighted by Crippen LogP contribution is 2.42. The van der Waals surface area contributed by atoms with Crippen LogP contribution in [0.4, 0.5) is 0 Å². The van der Waals surface area contributed by atoms with Gasteiger partial charge >= 0.3 is 0 Å². The number of hydrogen-bond donors (Lipinski definition) is 1. The van der Waals surface area contributed by atoms with E-state index in [9.17, 15) is 4.79 Å². The number of aromatic nitrogens is 4. The number of carbonyl (C=O) groups excluding carboxylic acids is 1. The van der Waals surface area contributed by atoms with Crippen LogP contribution in [0.15, 0.2) is 0 Å². The molecule has 8 heteroatoms. The van der Waals surface area contributed by atoms with Crippen molar-refractivity contribution in [2.45, 2.75) is 45.4 Å². The number of hydrogen-bond acceptors (Lipinski definition) is 6. The van der Waals surface area contributed by atoms with Gasteiger partial charge in [0.1, 0.15) is 10.7 Å². The van der Waals surface area contributed by atoms with E-state index in [1.54, 1.807) is 15.9 Å². The van der Waals surface area contributed by atoms with Gasteiger partial charge < -0.3 is 10.2 Å². The Bertz CT molecular complexity index is 1000. The van der Waals surface area contributed by atoms with Crippen molar-refractivity contribution in [2.75, 3.05) is 27.2 Å². The molecule has 0 saturated heterocycles.